The molecular weight excluding hydrogens is 373 g/mol. The minimum atomic E-state index is -0.778. The maximum Gasteiger partial charge on any atom is 0.258 e. The first-order valence-corrected chi connectivity index (χ1v) is 9.13. The maximum absolute atomic E-state index is 14.4. The molecule has 4 rings (SSSR count). The van der Waals surface area contributed by atoms with E-state index in [1.807, 2.05) is 11.9 Å². The van der Waals surface area contributed by atoms with E-state index in [-0.39, 0.29) is 34.3 Å². The van der Waals surface area contributed by atoms with Gasteiger partial charge in [-0.25, -0.2) is 4.39 Å². The van der Waals surface area contributed by atoms with Crippen molar-refractivity contribution in [1.82, 2.24) is 14.9 Å². The number of amides is 1. The van der Waals surface area contributed by atoms with E-state index in [4.69, 9.17) is 11.6 Å². The van der Waals surface area contributed by atoms with Gasteiger partial charge in [0.2, 0.25) is 11.9 Å². The van der Waals surface area contributed by atoms with Crippen LogP contribution in [-0.2, 0) is 4.79 Å². The second-order valence-corrected chi connectivity index (χ2v) is 7.29. The van der Waals surface area contributed by atoms with Crippen molar-refractivity contribution in [3.8, 4) is 0 Å². The highest BCUT2D eigenvalue weighted by molar-refractivity contribution is 6.31. The summed E-state index contributed by atoms with van der Waals surface area (Å²) in [5.41, 5.74) is -0.00682. The number of piperazine rings is 1. The number of anilines is 2. The molecule has 1 unspecified atom stereocenters. The summed E-state index contributed by atoms with van der Waals surface area (Å²) in [5, 5.41) is 2.84. The largest absolute Gasteiger partial charge is 0.340 e. The summed E-state index contributed by atoms with van der Waals surface area (Å²) in [7, 11) is 2.03. The van der Waals surface area contributed by atoms with E-state index in [2.05, 4.69) is 20.2 Å². The smallest absolute Gasteiger partial charge is 0.258 e. The number of aromatic nitrogens is 2. The van der Waals surface area contributed by atoms with Crippen molar-refractivity contribution < 1.29 is 9.18 Å². The topological polar surface area (TPSA) is 81.3 Å². The van der Waals surface area contributed by atoms with Gasteiger partial charge in [0.05, 0.1) is 5.56 Å². The zero-order chi connectivity index (χ0) is 19.1. The second kappa shape index (κ2) is 6.94. The zero-order valence-corrected chi connectivity index (χ0v) is 15.5. The molecule has 0 aliphatic carbocycles. The SMILES string of the molecule is CN1CCN(c2nc3c(c(=O)[nH]2)C(c2c(F)cccc2Cl)CC(=O)N3)CC1. The lowest BCUT2D eigenvalue weighted by Gasteiger charge is -2.33. The summed E-state index contributed by atoms with van der Waals surface area (Å²) < 4.78 is 14.4. The van der Waals surface area contributed by atoms with E-state index >= 15 is 0 Å². The third-order valence-corrected chi connectivity index (χ3v) is 5.42. The van der Waals surface area contributed by atoms with E-state index < -0.39 is 17.3 Å². The number of carbonyl (C=O) groups is 1. The first kappa shape index (κ1) is 17.9. The number of H-pyrrole nitrogens is 1. The molecule has 0 spiro atoms. The highest BCUT2D eigenvalue weighted by Crippen LogP contribution is 2.38. The molecule has 2 N–H and O–H groups in total. The third kappa shape index (κ3) is 3.30. The number of rotatable bonds is 2. The Hall–Kier alpha value is -2.45. The molecule has 2 aliphatic heterocycles. The molecule has 1 atom stereocenters. The zero-order valence-electron chi connectivity index (χ0n) is 14.8. The molecule has 1 aromatic carbocycles. The predicted molar refractivity (Wildman–Crippen MR) is 101 cm³/mol. The summed E-state index contributed by atoms with van der Waals surface area (Å²) in [5.74, 6) is -1.06. The Kier molecular flexibility index (Phi) is 4.61. The van der Waals surface area contributed by atoms with Gasteiger partial charge in [-0.15, -0.1) is 0 Å². The average molecular weight is 392 g/mol. The number of aromatic amines is 1. The number of nitrogens with one attached hydrogen (secondary N) is 2. The molecular formula is C18H19ClFN5O2. The monoisotopic (exact) mass is 391 g/mol. The standard InChI is InChI=1S/C18H19ClFN5O2/c1-24-5-7-25(8-6-24)18-22-16-15(17(27)23-18)10(9-13(26)21-16)14-11(19)3-2-4-12(14)20/h2-4,10H,5-9H2,1H3,(H2,21,22,23,26,27). The van der Waals surface area contributed by atoms with Gasteiger partial charge in [0, 0.05) is 49.1 Å². The Morgan fingerprint density at radius 1 is 1.19 bits per heavy atom. The van der Waals surface area contributed by atoms with Crippen LogP contribution in [0.5, 0.6) is 0 Å². The fraction of sp³-hybridized carbons (Fsp3) is 0.389. The van der Waals surface area contributed by atoms with E-state index in [1.54, 1.807) is 6.07 Å². The number of benzene rings is 1. The van der Waals surface area contributed by atoms with Crippen molar-refractivity contribution in [1.29, 1.82) is 0 Å². The van der Waals surface area contributed by atoms with Crippen LogP contribution in [0.4, 0.5) is 16.2 Å². The maximum atomic E-state index is 14.4. The van der Waals surface area contributed by atoms with Gasteiger partial charge in [-0.1, -0.05) is 17.7 Å². The fourth-order valence-corrected chi connectivity index (χ4v) is 3.91. The van der Waals surface area contributed by atoms with Gasteiger partial charge in [-0.3, -0.25) is 14.6 Å². The van der Waals surface area contributed by atoms with E-state index in [1.165, 1.54) is 12.1 Å². The van der Waals surface area contributed by atoms with Crippen molar-refractivity contribution in [3.05, 3.63) is 50.5 Å². The van der Waals surface area contributed by atoms with Crippen LogP contribution in [-0.4, -0.2) is 54.0 Å². The van der Waals surface area contributed by atoms with Crippen LogP contribution in [0.1, 0.15) is 23.5 Å². The average Bonchev–Trinajstić information content (AvgIpc) is 2.61. The molecule has 7 nitrogen and oxygen atoms in total. The third-order valence-electron chi connectivity index (χ3n) is 5.09. The van der Waals surface area contributed by atoms with Crippen molar-refractivity contribution in [2.45, 2.75) is 12.3 Å². The lowest BCUT2D eigenvalue weighted by atomic mass is 9.86. The molecule has 0 bridgehead atoms. The molecule has 2 aliphatic rings. The van der Waals surface area contributed by atoms with Crippen LogP contribution in [0.3, 0.4) is 0 Å². The Labute approximate surface area is 160 Å². The van der Waals surface area contributed by atoms with Crippen LogP contribution < -0.4 is 15.8 Å². The molecule has 27 heavy (non-hydrogen) atoms. The Balaban J connectivity index is 1.79. The predicted octanol–water partition coefficient (Wildman–Crippen LogP) is 1.79. The minimum absolute atomic E-state index is 0.0632. The van der Waals surface area contributed by atoms with Crippen LogP contribution in [0.25, 0.3) is 0 Å². The molecule has 0 radical (unpaired) electrons. The van der Waals surface area contributed by atoms with Gasteiger partial charge in [-0.2, -0.15) is 4.98 Å². The summed E-state index contributed by atoms with van der Waals surface area (Å²) in [6.07, 6.45) is -0.0632. The summed E-state index contributed by atoms with van der Waals surface area (Å²) in [4.78, 5) is 36.5. The molecule has 1 amide bonds. The van der Waals surface area contributed by atoms with Crippen molar-refractivity contribution >= 4 is 29.3 Å². The molecule has 1 aromatic heterocycles. The lowest BCUT2D eigenvalue weighted by molar-refractivity contribution is -0.116. The number of hydrogen-bond donors (Lipinski definition) is 2. The minimum Gasteiger partial charge on any atom is -0.340 e. The summed E-state index contributed by atoms with van der Waals surface area (Å²) >= 11 is 6.18. The number of nitrogens with zero attached hydrogens (tertiary/aromatic N) is 3. The van der Waals surface area contributed by atoms with Gasteiger partial charge < -0.3 is 15.1 Å². The Morgan fingerprint density at radius 2 is 1.93 bits per heavy atom. The van der Waals surface area contributed by atoms with Crippen LogP contribution >= 0.6 is 11.6 Å². The summed E-state index contributed by atoms with van der Waals surface area (Å²) in [6.45, 7) is 3.13. The molecule has 2 aromatic rings. The lowest BCUT2D eigenvalue weighted by Crippen LogP contribution is -2.46. The first-order chi connectivity index (χ1) is 12.9. The van der Waals surface area contributed by atoms with Crippen LogP contribution in [0.15, 0.2) is 23.0 Å². The molecule has 9 heteroatoms. The first-order valence-electron chi connectivity index (χ1n) is 8.75. The number of carbonyl (C=O) groups excluding carboxylic acids is 1. The van der Waals surface area contributed by atoms with Gasteiger partial charge in [0.15, 0.2) is 0 Å². The fourth-order valence-electron chi connectivity index (χ4n) is 3.62. The Bertz CT molecular complexity index is 935. The van der Waals surface area contributed by atoms with E-state index in [9.17, 15) is 14.0 Å². The highest BCUT2D eigenvalue weighted by atomic mass is 35.5. The number of likely N-dealkylation sites (N-methyl/N-ethyl adjacent to an activating group) is 1. The molecule has 0 saturated carbocycles. The van der Waals surface area contributed by atoms with Crippen LogP contribution in [0.2, 0.25) is 5.02 Å². The molecule has 142 valence electrons. The molecule has 1 saturated heterocycles. The highest BCUT2D eigenvalue weighted by Gasteiger charge is 2.34. The molecule has 1 fully saturated rings. The van der Waals surface area contributed by atoms with Gasteiger partial charge in [-0.05, 0) is 19.2 Å². The second-order valence-electron chi connectivity index (χ2n) is 6.88. The quantitative estimate of drug-likeness (QED) is 0.815. The van der Waals surface area contributed by atoms with E-state index in [0.717, 1.165) is 26.2 Å². The van der Waals surface area contributed by atoms with Crippen LogP contribution in [0, 0.1) is 5.82 Å². The number of fused-ring (bicyclic) bond motifs is 1. The van der Waals surface area contributed by atoms with Crippen molar-refractivity contribution in [3.63, 3.8) is 0 Å². The van der Waals surface area contributed by atoms with Gasteiger partial charge >= 0.3 is 0 Å². The van der Waals surface area contributed by atoms with Gasteiger partial charge in [0.25, 0.3) is 5.56 Å². The number of hydrogen-bond acceptors (Lipinski definition) is 5. The van der Waals surface area contributed by atoms with Crippen molar-refractivity contribution in [2.75, 3.05) is 43.4 Å². The summed E-state index contributed by atoms with van der Waals surface area (Å²) in [6, 6.07) is 4.31. The molecule has 3 heterocycles. The normalized spacial score (nSPS) is 20.3. The Morgan fingerprint density at radius 3 is 2.63 bits per heavy atom. The number of halogens is 2. The van der Waals surface area contributed by atoms with E-state index in [0.29, 0.717) is 5.95 Å². The van der Waals surface area contributed by atoms with Gasteiger partial charge in [0.1, 0.15) is 11.6 Å². The van der Waals surface area contributed by atoms with Crippen molar-refractivity contribution in [2.24, 2.45) is 0 Å².